The molecule has 2 fully saturated rings. The van der Waals surface area contributed by atoms with Crippen LogP contribution in [-0.4, -0.2) is 36.6 Å². The van der Waals surface area contributed by atoms with E-state index in [1.807, 2.05) is 27.8 Å². The van der Waals surface area contributed by atoms with Crippen molar-refractivity contribution in [2.45, 2.75) is 43.7 Å². The van der Waals surface area contributed by atoms with Crippen LogP contribution in [0, 0.1) is 5.92 Å². The highest BCUT2D eigenvalue weighted by molar-refractivity contribution is 8.02. The average molecular weight is 350 g/mol. The van der Waals surface area contributed by atoms with Crippen LogP contribution in [0.3, 0.4) is 0 Å². The molecule has 5 rings (SSSR count). The van der Waals surface area contributed by atoms with Crippen molar-refractivity contribution < 1.29 is 8.78 Å². The van der Waals surface area contributed by atoms with Crippen LogP contribution in [0.4, 0.5) is 20.3 Å². The molecule has 3 aliphatic heterocycles. The summed E-state index contributed by atoms with van der Waals surface area (Å²) in [5.41, 5.74) is 3.29. The van der Waals surface area contributed by atoms with Crippen LogP contribution in [0.25, 0.3) is 5.57 Å². The van der Waals surface area contributed by atoms with Gasteiger partial charge in [-0.25, -0.2) is 13.8 Å². The maximum Gasteiger partial charge on any atom is 0.253 e. The van der Waals surface area contributed by atoms with E-state index in [-0.39, 0.29) is 6.42 Å². The van der Waals surface area contributed by atoms with E-state index in [0.717, 1.165) is 23.6 Å². The Kier molecular flexibility index (Phi) is 3.17. The lowest BCUT2D eigenvalue weighted by Gasteiger charge is -2.21. The fourth-order valence-corrected chi connectivity index (χ4v) is 4.97. The van der Waals surface area contributed by atoms with Crippen LogP contribution >= 0.6 is 12.1 Å². The van der Waals surface area contributed by atoms with Crippen molar-refractivity contribution in [2.24, 2.45) is 5.92 Å². The molecule has 24 heavy (non-hydrogen) atoms. The van der Waals surface area contributed by atoms with E-state index < -0.39 is 11.8 Å². The summed E-state index contributed by atoms with van der Waals surface area (Å²) in [7, 11) is 1.95. The minimum Gasteiger partial charge on any atom is -0.307 e. The summed E-state index contributed by atoms with van der Waals surface area (Å²) in [6, 6.07) is 5.15. The Balaban J connectivity index is 1.41. The predicted octanol–water partition coefficient (Wildman–Crippen LogP) is 3.46. The normalized spacial score (nSPS) is 32.8. The van der Waals surface area contributed by atoms with E-state index in [4.69, 9.17) is 4.98 Å². The minimum atomic E-state index is -2.48. The Bertz CT molecular complexity index is 723. The second-order valence-corrected chi connectivity index (χ2v) is 8.44. The molecule has 0 amide bonds. The van der Waals surface area contributed by atoms with Crippen molar-refractivity contribution in [2.75, 3.05) is 22.2 Å². The number of fused-ring (bicyclic) bond motifs is 3. The van der Waals surface area contributed by atoms with Gasteiger partial charge in [-0.15, -0.1) is 0 Å². The Morgan fingerprint density at radius 2 is 2.21 bits per heavy atom. The van der Waals surface area contributed by atoms with Crippen molar-refractivity contribution >= 4 is 29.2 Å². The van der Waals surface area contributed by atoms with Gasteiger partial charge in [0.2, 0.25) is 0 Å². The smallest absolute Gasteiger partial charge is 0.253 e. The highest BCUT2D eigenvalue weighted by Gasteiger charge is 2.57. The van der Waals surface area contributed by atoms with Crippen molar-refractivity contribution in [3.63, 3.8) is 0 Å². The highest BCUT2D eigenvalue weighted by Crippen LogP contribution is 2.52. The number of hydrogen-bond donors (Lipinski definition) is 1. The molecule has 1 aromatic heterocycles. The highest BCUT2D eigenvalue weighted by atomic mass is 32.2. The van der Waals surface area contributed by atoms with E-state index in [0.29, 0.717) is 18.6 Å². The molecule has 4 heterocycles. The van der Waals surface area contributed by atoms with E-state index in [9.17, 15) is 8.78 Å². The summed E-state index contributed by atoms with van der Waals surface area (Å²) in [5.74, 6) is -2.12. The summed E-state index contributed by atoms with van der Waals surface area (Å²) < 4.78 is 30.4. The molecule has 4 aliphatic rings. The number of anilines is 2. The van der Waals surface area contributed by atoms with Gasteiger partial charge in [-0.3, -0.25) is 8.61 Å². The first kappa shape index (κ1) is 15.0. The van der Waals surface area contributed by atoms with Crippen LogP contribution < -0.4 is 13.9 Å². The molecule has 0 aromatic carbocycles. The summed E-state index contributed by atoms with van der Waals surface area (Å²) in [6.07, 6.45) is 5.78. The third-order valence-corrected chi connectivity index (χ3v) is 6.42. The van der Waals surface area contributed by atoms with Gasteiger partial charge in [0.05, 0.1) is 23.5 Å². The average Bonchev–Trinajstić information content (AvgIpc) is 2.86. The van der Waals surface area contributed by atoms with Gasteiger partial charge in [0.1, 0.15) is 0 Å². The van der Waals surface area contributed by atoms with Gasteiger partial charge in [-0.1, -0.05) is 6.08 Å². The van der Waals surface area contributed by atoms with Crippen molar-refractivity contribution in [3.8, 4) is 0 Å². The van der Waals surface area contributed by atoms with Crippen molar-refractivity contribution in [3.05, 3.63) is 23.9 Å². The molecule has 1 saturated carbocycles. The quantitative estimate of drug-likeness (QED) is 0.844. The topological polar surface area (TPSA) is 31.4 Å². The lowest BCUT2D eigenvalue weighted by molar-refractivity contribution is 0.101. The third-order valence-electron chi connectivity index (χ3n) is 5.46. The fourth-order valence-electron chi connectivity index (χ4n) is 3.99. The summed E-state index contributed by atoms with van der Waals surface area (Å²) in [4.78, 5) is 4.85. The maximum atomic E-state index is 13.2. The van der Waals surface area contributed by atoms with E-state index in [1.54, 1.807) is 0 Å². The third kappa shape index (κ3) is 2.40. The van der Waals surface area contributed by atoms with Gasteiger partial charge in [-0.2, -0.15) is 0 Å². The Morgan fingerprint density at radius 1 is 1.38 bits per heavy atom. The SMILES string of the molecule is CN1SN(CC2CC2(F)F)c2ccc(C3=CC4CCC(C3)N4)nc21. The van der Waals surface area contributed by atoms with Gasteiger partial charge in [0, 0.05) is 38.0 Å². The Morgan fingerprint density at radius 3 is 2.96 bits per heavy atom. The Hall–Kier alpha value is -1.34. The molecule has 1 aromatic rings. The van der Waals surface area contributed by atoms with Crippen LogP contribution in [0.5, 0.6) is 0 Å². The second kappa shape index (κ2) is 5.08. The Labute approximate surface area is 144 Å². The van der Waals surface area contributed by atoms with E-state index >= 15 is 0 Å². The number of rotatable bonds is 3. The lowest BCUT2D eigenvalue weighted by atomic mass is 10.00. The molecule has 7 heteroatoms. The molecule has 3 atom stereocenters. The number of nitrogens with one attached hydrogen (secondary N) is 1. The van der Waals surface area contributed by atoms with Crippen molar-refractivity contribution in [1.82, 2.24) is 10.3 Å². The zero-order valence-electron chi connectivity index (χ0n) is 13.5. The second-order valence-electron chi connectivity index (χ2n) is 7.28. The molecule has 1 N–H and O–H groups in total. The number of halogens is 2. The minimum absolute atomic E-state index is 0.0112. The number of nitrogens with zero attached hydrogens (tertiary/aromatic N) is 3. The van der Waals surface area contributed by atoms with E-state index in [1.165, 1.54) is 30.5 Å². The number of alkyl halides is 2. The van der Waals surface area contributed by atoms with Gasteiger partial charge < -0.3 is 5.32 Å². The monoisotopic (exact) mass is 350 g/mol. The number of hydrogen-bond acceptors (Lipinski definition) is 5. The first-order valence-corrected chi connectivity index (χ1v) is 9.28. The van der Waals surface area contributed by atoms with Gasteiger partial charge in [0.15, 0.2) is 5.82 Å². The molecule has 0 radical (unpaired) electrons. The summed E-state index contributed by atoms with van der Waals surface area (Å²) in [6.45, 7) is 0.382. The fraction of sp³-hybridized carbons (Fsp3) is 0.588. The zero-order chi connectivity index (χ0) is 16.5. The maximum absolute atomic E-state index is 13.2. The standard InChI is InChI=1S/C17H20F2N4S/c1-22-16-15(23(24-22)9-11-8-17(11,18)19)5-4-14(21-16)10-6-12-2-3-13(7-10)20-12/h4-6,11-13,20H,2-3,7-9H2,1H3. The van der Waals surface area contributed by atoms with Crippen LogP contribution in [-0.2, 0) is 0 Å². The summed E-state index contributed by atoms with van der Waals surface area (Å²) >= 11 is 1.47. The van der Waals surface area contributed by atoms with Gasteiger partial charge >= 0.3 is 0 Å². The van der Waals surface area contributed by atoms with Crippen LogP contribution in [0.2, 0.25) is 0 Å². The molecule has 1 aliphatic carbocycles. The number of pyridine rings is 1. The summed E-state index contributed by atoms with van der Waals surface area (Å²) in [5, 5.41) is 3.60. The molecule has 1 saturated heterocycles. The lowest BCUT2D eigenvalue weighted by Crippen LogP contribution is -2.32. The molecule has 4 nitrogen and oxygen atoms in total. The molecular weight excluding hydrogens is 330 g/mol. The zero-order valence-corrected chi connectivity index (χ0v) is 14.3. The largest absolute Gasteiger partial charge is 0.307 e. The van der Waals surface area contributed by atoms with E-state index in [2.05, 4.69) is 11.4 Å². The molecular formula is C17H20F2N4S. The van der Waals surface area contributed by atoms with Gasteiger partial charge in [-0.05, 0) is 37.0 Å². The molecule has 2 bridgehead atoms. The van der Waals surface area contributed by atoms with Crippen LogP contribution in [0.1, 0.15) is 31.4 Å². The molecule has 3 unspecified atom stereocenters. The first-order valence-electron chi connectivity index (χ1n) is 8.55. The van der Waals surface area contributed by atoms with Crippen molar-refractivity contribution in [1.29, 1.82) is 0 Å². The number of aromatic nitrogens is 1. The first-order chi connectivity index (χ1) is 11.5. The van der Waals surface area contributed by atoms with Gasteiger partial charge in [0.25, 0.3) is 5.92 Å². The molecule has 128 valence electrons. The van der Waals surface area contributed by atoms with Crippen LogP contribution in [0.15, 0.2) is 18.2 Å². The molecule has 0 spiro atoms. The predicted molar refractivity (Wildman–Crippen MR) is 93.2 cm³/mol.